The molecule has 184 valence electrons. The Balaban J connectivity index is 1.86. The molecule has 0 fully saturated rings. The molecule has 0 amide bonds. The van der Waals surface area contributed by atoms with Crippen molar-refractivity contribution in [3.63, 3.8) is 0 Å². The summed E-state index contributed by atoms with van der Waals surface area (Å²) in [4.78, 5) is 0. The van der Waals surface area contributed by atoms with Crippen LogP contribution in [0.15, 0.2) is 30.5 Å². The molecule has 1 aliphatic rings. The third-order valence-corrected chi connectivity index (χ3v) is 6.27. The van der Waals surface area contributed by atoms with Crippen molar-refractivity contribution in [3.05, 3.63) is 59.3 Å². The predicted molar refractivity (Wildman–Crippen MR) is 120 cm³/mol. The fraction of sp³-hybridized carbons (Fsp3) is 0.333. The van der Waals surface area contributed by atoms with Gasteiger partial charge in [0.1, 0.15) is 17.3 Å². The molecule has 0 spiro atoms. The van der Waals surface area contributed by atoms with E-state index in [2.05, 4.69) is 15.5 Å². The molecule has 4 aromatic rings. The smallest absolute Gasteiger partial charge is 0.383 e. The molecule has 0 unspecified atom stereocenters. The number of hydrogen-bond donors (Lipinski definition) is 1. The zero-order chi connectivity index (χ0) is 25.3. The number of hydrogen-bond acceptors (Lipinski definition) is 4. The lowest BCUT2D eigenvalue weighted by Gasteiger charge is -2.36. The maximum absolute atomic E-state index is 16.2. The van der Waals surface area contributed by atoms with Gasteiger partial charge in [-0.1, -0.05) is 0 Å². The van der Waals surface area contributed by atoms with E-state index in [-0.39, 0.29) is 28.5 Å². The molecule has 1 N–H and O–H groups in total. The molecule has 1 aliphatic heterocycles. The predicted octanol–water partition coefficient (Wildman–Crippen LogP) is 5.80. The van der Waals surface area contributed by atoms with Gasteiger partial charge in [0.25, 0.3) is 0 Å². The highest BCUT2D eigenvalue weighted by Gasteiger charge is 2.43. The minimum absolute atomic E-state index is 0.0130. The first-order valence-electron chi connectivity index (χ1n) is 10.9. The first kappa shape index (κ1) is 23.3. The van der Waals surface area contributed by atoms with E-state index in [1.807, 2.05) is 0 Å². The Morgan fingerprint density at radius 3 is 2.51 bits per heavy atom. The molecule has 11 heteroatoms. The van der Waals surface area contributed by atoms with E-state index >= 15 is 4.39 Å². The number of nitrogens with zero attached hydrogens (tertiary/aromatic N) is 4. The van der Waals surface area contributed by atoms with E-state index in [1.54, 1.807) is 30.7 Å². The summed E-state index contributed by atoms with van der Waals surface area (Å²) in [6, 6.07) is 4.68. The van der Waals surface area contributed by atoms with Gasteiger partial charge in [-0.2, -0.15) is 13.2 Å². The van der Waals surface area contributed by atoms with Gasteiger partial charge in [-0.3, -0.25) is 4.57 Å². The molecule has 5 rings (SSSR count). The van der Waals surface area contributed by atoms with E-state index in [9.17, 15) is 17.6 Å². The average molecular weight is 491 g/mol. The molecule has 0 aliphatic carbocycles. The van der Waals surface area contributed by atoms with Gasteiger partial charge in [0.15, 0.2) is 11.6 Å². The number of fused-ring (bicyclic) bond motifs is 4. The van der Waals surface area contributed by atoms with Crippen molar-refractivity contribution in [1.82, 2.24) is 19.3 Å². The Morgan fingerprint density at radius 1 is 1.09 bits per heavy atom. The van der Waals surface area contributed by atoms with Crippen molar-refractivity contribution in [2.45, 2.75) is 39.0 Å². The fourth-order valence-electron chi connectivity index (χ4n) is 4.67. The fourth-order valence-corrected chi connectivity index (χ4v) is 4.67. The van der Waals surface area contributed by atoms with Crippen LogP contribution in [-0.4, -0.2) is 33.0 Å². The molecule has 2 aromatic heterocycles. The Kier molecular flexibility index (Phi) is 5.17. The van der Waals surface area contributed by atoms with Gasteiger partial charge in [-0.15, -0.1) is 10.2 Å². The largest absolute Gasteiger partial charge is 0.418 e. The molecule has 0 saturated carbocycles. The molecule has 0 radical (unpaired) electrons. The van der Waals surface area contributed by atoms with E-state index < -0.39 is 34.6 Å². The third kappa shape index (κ3) is 3.56. The van der Waals surface area contributed by atoms with Crippen LogP contribution >= 0.6 is 0 Å². The van der Waals surface area contributed by atoms with Crippen LogP contribution in [0, 0.1) is 18.6 Å². The number of anilines is 1. The van der Waals surface area contributed by atoms with Crippen LogP contribution in [0.4, 0.5) is 27.6 Å². The van der Waals surface area contributed by atoms with Gasteiger partial charge < -0.3 is 14.6 Å². The average Bonchev–Trinajstić information content (AvgIpc) is 3.35. The number of halogens is 5. The van der Waals surface area contributed by atoms with Crippen LogP contribution in [-0.2, 0) is 23.0 Å². The van der Waals surface area contributed by atoms with Crippen molar-refractivity contribution in [2.24, 2.45) is 0 Å². The van der Waals surface area contributed by atoms with E-state index in [0.717, 1.165) is 12.1 Å². The second kappa shape index (κ2) is 7.77. The third-order valence-electron chi connectivity index (χ3n) is 6.27. The SMILES string of the molecule is COCCn1ccc2c(-c3cc(C(F)(F)F)c4c(c3F)-n3c(C)nnc3C(C)(C)N4)cc(F)cc21. The molecule has 35 heavy (non-hydrogen) atoms. The number of alkyl halides is 3. The normalized spacial score (nSPS) is 14.7. The van der Waals surface area contributed by atoms with Crippen LogP contribution < -0.4 is 5.32 Å². The summed E-state index contributed by atoms with van der Waals surface area (Å²) >= 11 is 0. The van der Waals surface area contributed by atoms with Crippen molar-refractivity contribution < 1.29 is 26.7 Å². The van der Waals surface area contributed by atoms with Crippen LogP contribution in [0.25, 0.3) is 27.7 Å². The molecule has 0 atom stereocenters. The highest BCUT2D eigenvalue weighted by Crippen LogP contribution is 2.48. The van der Waals surface area contributed by atoms with Crippen LogP contribution in [0.1, 0.15) is 31.1 Å². The Morgan fingerprint density at radius 2 is 1.83 bits per heavy atom. The molecule has 0 saturated heterocycles. The molecule has 0 bridgehead atoms. The topological polar surface area (TPSA) is 56.9 Å². The lowest BCUT2D eigenvalue weighted by molar-refractivity contribution is -0.137. The zero-order valence-electron chi connectivity index (χ0n) is 19.4. The van der Waals surface area contributed by atoms with Gasteiger partial charge in [-0.05, 0) is 50.6 Å². The van der Waals surface area contributed by atoms with E-state index in [0.29, 0.717) is 24.1 Å². The van der Waals surface area contributed by atoms with Gasteiger partial charge in [0.05, 0.1) is 28.9 Å². The van der Waals surface area contributed by atoms with Crippen molar-refractivity contribution in [3.8, 4) is 16.8 Å². The first-order valence-corrected chi connectivity index (χ1v) is 10.9. The van der Waals surface area contributed by atoms with Gasteiger partial charge in [0, 0.05) is 30.8 Å². The second-order valence-electron chi connectivity index (χ2n) is 9.05. The Labute approximate surface area is 197 Å². The molecule has 3 heterocycles. The highest BCUT2D eigenvalue weighted by molar-refractivity contribution is 5.97. The number of benzene rings is 2. The van der Waals surface area contributed by atoms with Crippen molar-refractivity contribution >= 4 is 16.6 Å². The maximum Gasteiger partial charge on any atom is 0.418 e. The van der Waals surface area contributed by atoms with Crippen molar-refractivity contribution in [1.29, 1.82) is 0 Å². The number of ether oxygens (including phenoxy) is 1. The molecule has 6 nitrogen and oxygen atoms in total. The van der Waals surface area contributed by atoms with Gasteiger partial charge in [0.2, 0.25) is 0 Å². The van der Waals surface area contributed by atoms with Gasteiger partial charge >= 0.3 is 6.18 Å². The first-order chi connectivity index (χ1) is 16.4. The summed E-state index contributed by atoms with van der Waals surface area (Å²) in [5, 5.41) is 11.3. The number of methoxy groups -OCH3 is 1. The number of aromatic nitrogens is 4. The molecular weight excluding hydrogens is 469 g/mol. The summed E-state index contributed by atoms with van der Waals surface area (Å²) < 4.78 is 81.9. The summed E-state index contributed by atoms with van der Waals surface area (Å²) in [7, 11) is 1.52. The Hall–Kier alpha value is -3.47. The maximum atomic E-state index is 16.2. The minimum Gasteiger partial charge on any atom is -0.383 e. The molecule has 2 aromatic carbocycles. The van der Waals surface area contributed by atoms with Crippen LogP contribution in [0.2, 0.25) is 0 Å². The summed E-state index contributed by atoms with van der Waals surface area (Å²) in [6.45, 7) is 5.56. The summed E-state index contributed by atoms with van der Waals surface area (Å²) in [5.74, 6) is -1.13. The summed E-state index contributed by atoms with van der Waals surface area (Å²) in [6.07, 6.45) is -3.15. The summed E-state index contributed by atoms with van der Waals surface area (Å²) in [5.41, 5.74) is -2.81. The quantitative estimate of drug-likeness (QED) is 0.367. The number of aryl methyl sites for hydroxylation is 1. The van der Waals surface area contributed by atoms with Crippen LogP contribution in [0.5, 0.6) is 0 Å². The number of rotatable bonds is 4. The lowest BCUT2D eigenvalue weighted by atomic mass is 9.92. The van der Waals surface area contributed by atoms with E-state index in [1.165, 1.54) is 24.7 Å². The van der Waals surface area contributed by atoms with Crippen LogP contribution in [0.3, 0.4) is 0 Å². The Bertz CT molecular complexity index is 1470. The molecular formula is C24H22F5N5O. The monoisotopic (exact) mass is 491 g/mol. The van der Waals surface area contributed by atoms with Crippen molar-refractivity contribution in [2.75, 3.05) is 19.0 Å². The van der Waals surface area contributed by atoms with E-state index in [4.69, 9.17) is 4.74 Å². The number of nitrogens with one attached hydrogen (secondary N) is 1. The lowest BCUT2D eigenvalue weighted by Crippen LogP contribution is -2.37. The minimum atomic E-state index is -4.81. The highest BCUT2D eigenvalue weighted by atomic mass is 19.4. The van der Waals surface area contributed by atoms with Gasteiger partial charge in [-0.25, -0.2) is 8.78 Å². The standard InChI is InChI=1S/C24H22F5N5O/c1-12-31-32-22-23(2,3)30-20-17(24(27,28)29)11-16(19(26)21(20)34(12)22)15-9-13(25)10-18-14(15)5-6-33(18)7-8-35-4/h5-6,9-11,30H,7-8H2,1-4H3. The zero-order valence-corrected chi connectivity index (χ0v) is 19.4. The second-order valence-corrected chi connectivity index (χ2v) is 9.05.